The zero-order chi connectivity index (χ0) is 22.0. The molecule has 0 bridgehead atoms. The summed E-state index contributed by atoms with van der Waals surface area (Å²) in [4.78, 5) is 16.6. The maximum atomic E-state index is 13.8. The molecule has 0 amide bonds. The van der Waals surface area contributed by atoms with Crippen LogP contribution in [0.2, 0.25) is 0 Å². The van der Waals surface area contributed by atoms with Gasteiger partial charge >= 0.3 is 5.97 Å². The zero-order valence-corrected chi connectivity index (χ0v) is 19.5. The molecule has 31 heavy (non-hydrogen) atoms. The van der Waals surface area contributed by atoms with E-state index in [0.29, 0.717) is 20.3 Å². The molecular weight excluding hydrogens is 529 g/mol. The molecule has 1 aliphatic rings. The van der Waals surface area contributed by atoms with Crippen molar-refractivity contribution in [3.05, 3.63) is 103 Å². The predicted molar refractivity (Wildman–Crippen MR) is 124 cm³/mol. The molecule has 3 aromatic carbocycles. The molecule has 3 aromatic rings. The minimum atomic E-state index is -0.511. The van der Waals surface area contributed by atoms with Crippen LogP contribution in [0.15, 0.2) is 80.3 Å². The maximum Gasteiger partial charge on any atom is 0.363 e. The van der Waals surface area contributed by atoms with E-state index >= 15 is 0 Å². The fourth-order valence-electron chi connectivity index (χ4n) is 2.95. The molecule has 7 heteroatoms. The van der Waals surface area contributed by atoms with Crippen LogP contribution in [-0.2, 0) is 16.1 Å². The second-order valence-electron chi connectivity index (χ2n) is 6.90. The van der Waals surface area contributed by atoms with Crippen LogP contribution < -0.4 is 4.74 Å². The molecule has 4 rings (SSSR count). The largest absolute Gasteiger partial charge is 0.486 e. The summed E-state index contributed by atoms with van der Waals surface area (Å²) < 4.78 is 26.2. The first-order valence-electron chi connectivity index (χ1n) is 9.35. The average Bonchev–Trinajstić information content (AvgIpc) is 3.09. The van der Waals surface area contributed by atoms with Crippen LogP contribution in [0.1, 0.15) is 22.3 Å². The van der Waals surface area contributed by atoms with Gasteiger partial charge in [-0.3, -0.25) is 0 Å². The second kappa shape index (κ2) is 9.16. The van der Waals surface area contributed by atoms with Crippen LogP contribution in [0.4, 0.5) is 4.39 Å². The maximum absolute atomic E-state index is 13.8. The number of halogens is 3. The number of cyclic esters (lactones) is 1. The molecule has 156 valence electrons. The van der Waals surface area contributed by atoms with Crippen LogP contribution in [0, 0.1) is 12.7 Å². The van der Waals surface area contributed by atoms with Crippen molar-refractivity contribution in [3.8, 4) is 5.75 Å². The second-order valence-corrected chi connectivity index (χ2v) is 8.60. The van der Waals surface area contributed by atoms with Gasteiger partial charge in [0.2, 0.25) is 5.90 Å². The van der Waals surface area contributed by atoms with E-state index in [9.17, 15) is 9.18 Å². The van der Waals surface area contributed by atoms with E-state index in [1.54, 1.807) is 36.4 Å². The molecule has 0 saturated carbocycles. The SMILES string of the molecule is Cc1ccc(C2=N/C(=C\c3cc(Br)c(OCc4ccccc4F)c(Br)c3)C(=O)O2)cc1. The average molecular weight is 545 g/mol. The highest BCUT2D eigenvalue weighted by atomic mass is 79.9. The number of aliphatic imine (C=N–C) groups is 1. The number of carbonyl (C=O) groups is 1. The lowest BCUT2D eigenvalue weighted by molar-refractivity contribution is -0.129. The summed E-state index contributed by atoms with van der Waals surface area (Å²) >= 11 is 6.96. The van der Waals surface area contributed by atoms with Crippen molar-refractivity contribution >= 4 is 49.8 Å². The van der Waals surface area contributed by atoms with E-state index in [0.717, 1.165) is 16.7 Å². The molecule has 0 aromatic heterocycles. The molecule has 0 atom stereocenters. The lowest BCUT2D eigenvalue weighted by Gasteiger charge is -2.12. The number of benzene rings is 3. The van der Waals surface area contributed by atoms with Crippen molar-refractivity contribution < 1.29 is 18.7 Å². The normalized spacial score (nSPS) is 14.5. The predicted octanol–water partition coefficient (Wildman–Crippen LogP) is 6.58. The number of esters is 1. The molecule has 0 fully saturated rings. The summed E-state index contributed by atoms with van der Waals surface area (Å²) in [6, 6.07) is 17.6. The van der Waals surface area contributed by atoms with Gasteiger partial charge in [-0.15, -0.1) is 0 Å². The number of carbonyl (C=O) groups excluding carboxylic acids is 1. The number of hydrogen-bond acceptors (Lipinski definition) is 4. The molecule has 0 radical (unpaired) electrons. The molecule has 0 N–H and O–H groups in total. The van der Waals surface area contributed by atoms with Gasteiger partial charge < -0.3 is 9.47 Å². The first kappa shape index (κ1) is 21.5. The van der Waals surface area contributed by atoms with Gasteiger partial charge in [0.25, 0.3) is 0 Å². The Labute approximate surface area is 195 Å². The van der Waals surface area contributed by atoms with Crippen molar-refractivity contribution in [3.63, 3.8) is 0 Å². The van der Waals surface area contributed by atoms with E-state index in [1.165, 1.54) is 6.07 Å². The molecule has 0 saturated heterocycles. The van der Waals surface area contributed by atoms with Crippen LogP contribution in [0.5, 0.6) is 5.75 Å². The summed E-state index contributed by atoms with van der Waals surface area (Å²) in [5.41, 5.74) is 3.23. The third-order valence-corrected chi connectivity index (χ3v) is 5.75. The van der Waals surface area contributed by atoms with Gasteiger partial charge in [0.05, 0.1) is 8.95 Å². The van der Waals surface area contributed by atoms with Crippen molar-refractivity contribution in [2.24, 2.45) is 4.99 Å². The topological polar surface area (TPSA) is 47.9 Å². The Kier molecular flexibility index (Phi) is 6.34. The summed E-state index contributed by atoms with van der Waals surface area (Å²) in [5.74, 6) is -0.0248. The summed E-state index contributed by atoms with van der Waals surface area (Å²) in [7, 11) is 0. The molecule has 4 nitrogen and oxygen atoms in total. The van der Waals surface area contributed by atoms with Crippen molar-refractivity contribution in [1.29, 1.82) is 0 Å². The minimum Gasteiger partial charge on any atom is -0.486 e. The van der Waals surface area contributed by atoms with Crippen molar-refractivity contribution in [2.45, 2.75) is 13.5 Å². The van der Waals surface area contributed by atoms with Crippen LogP contribution in [0.25, 0.3) is 6.08 Å². The van der Waals surface area contributed by atoms with Gasteiger partial charge in [-0.05, 0) is 80.8 Å². The Bertz CT molecular complexity index is 1200. The number of ether oxygens (including phenoxy) is 2. The molecular formula is C24H16Br2FNO3. The molecule has 0 aliphatic carbocycles. The minimum absolute atomic E-state index is 0.0842. The first-order chi connectivity index (χ1) is 14.9. The highest BCUT2D eigenvalue weighted by Gasteiger charge is 2.24. The Balaban J connectivity index is 1.56. The van der Waals surface area contributed by atoms with E-state index < -0.39 is 5.97 Å². The lowest BCUT2D eigenvalue weighted by Crippen LogP contribution is -2.05. The van der Waals surface area contributed by atoms with Gasteiger partial charge in [0.1, 0.15) is 18.2 Å². The van der Waals surface area contributed by atoms with Gasteiger partial charge in [-0.25, -0.2) is 14.2 Å². The molecule has 0 unspecified atom stereocenters. The fraction of sp³-hybridized carbons (Fsp3) is 0.0833. The monoisotopic (exact) mass is 543 g/mol. The van der Waals surface area contributed by atoms with Crippen LogP contribution in [0.3, 0.4) is 0 Å². The Morgan fingerprint density at radius 1 is 1.06 bits per heavy atom. The standard InChI is InChI=1S/C24H16Br2FNO3/c1-14-6-8-16(9-7-14)23-28-21(24(29)31-23)12-15-10-18(25)22(19(26)11-15)30-13-17-4-2-3-5-20(17)27/h2-12H,13H2,1H3/b21-12-. The van der Waals surface area contributed by atoms with Gasteiger partial charge in [-0.2, -0.15) is 0 Å². The highest BCUT2D eigenvalue weighted by molar-refractivity contribution is 9.11. The van der Waals surface area contributed by atoms with Gasteiger partial charge in [0.15, 0.2) is 5.70 Å². The van der Waals surface area contributed by atoms with Gasteiger partial charge in [0, 0.05) is 11.1 Å². The number of aryl methyl sites for hydroxylation is 1. The Morgan fingerprint density at radius 3 is 2.42 bits per heavy atom. The number of hydrogen-bond donors (Lipinski definition) is 0. The fourth-order valence-corrected chi connectivity index (χ4v) is 4.40. The lowest BCUT2D eigenvalue weighted by atomic mass is 10.1. The third-order valence-electron chi connectivity index (χ3n) is 4.57. The number of rotatable bonds is 5. The first-order valence-corrected chi connectivity index (χ1v) is 10.9. The zero-order valence-electron chi connectivity index (χ0n) is 16.4. The highest BCUT2D eigenvalue weighted by Crippen LogP contribution is 2.36. The summed E-state index contributed by atoms with van der Waals surface area (Å²) in [6.45, 7) is 2.07. The van der Waals surface area contributed by atoms with E-state index in [-0.39, 0.29) is 24.0 Å². The number of nitrogens with zero attached hydrogens (tertiary/aromatic N) is 1. The summed E-state index contributed by atoms with van der Waals surface area (Å²) in [6.07, 6.45) is 1.64. The quantitative estimate of drug-likeness (QED) is 0.269. The molecule has 1 heterocycles. The van der Waals surface area contributed by atoms with E-state index in [4.69, 9.17) is 9.47 Å². The summed E-state index contributed by atoms with van der Waals surface area (Å²) in [5, 5.41) is 0. The van der Waals surface area contributed by atoms with E-state index in [2.05, 4.69) is 36.9 Å². The molecule has 0 spiro atoms. The smallest absolute Gasteiger partial charge is 0.363 e. The Hall–Kier alpha value is -2.77. The van der Waals surface area contributed by atoms with Crippen LogP contribution in [-0.4, -0.2) is 11.9 Å². The Morgan fingerprint density at radius 2 is 1.74 bits per heavy atom. The van der Waals surface area contributed by atoms with E-state index in [1.807, 2.05) is 31.2 Å². The molecule has 1 aliphatic heterocycles. The van der Waals surface area contributed by atoms with Crippen molar-refractivity contribution in [1.82, 2.24) is 0 Å². The third kappa shape index (κ3) is 4.94. The van der Waals surface area contributed by atoms with Crippen LogP contribution >= 0.6 is 31.9 Å². The van der Waals surface area contributed by atoms with Gasteiger partial charge in [-0.1, -0.05) is 35.9 Å². The van der Waals surface area contributed by atoms with Crippen molar-refractivity contribution in [2.75, 3.05) is 0 Å².